The van der Waals surface area contributed by atoms with E-state index in [9.17, 15) is 9.59 Å². The number of Topliss-reactive ketones (excluding diaryl/α,β-unsaturated/α-hetero) is 1. The third kappa shape index (κ3) is 3.99. The average Bonchev–Trinajstić information content (AvgIpc) is 2.26. The van der Waals surface area contributed by atoms with E-state index in [1.165, 1.54) is 14.2 Å². The van der Waals surface area contributed by atoms with E-state index in [2.05, 4.69) is 9.53 Å². The number of hydrogen-bond acceptors (Lipinski definition) is 5. The highest BCUT2D eigenvalue weighted by Crippen LogP contribution is 2.00. The zero-order valence-corrected chi connectivity index (χ0v) is 8.72. The lowest BCUT2D eigenvalue weighted by Gasteiger charge is -2.09. The Morgan fingerprint density at radius 2 is 1.80 bits per heavy atom. The first-order valence-electron chi connectivity index (χ1n) is 3.99. The fourth-order valence-electron chi connectivity index (χ4n) is 0.818. The zero-order valence-electron chi connectivity index (χ0n) is 8.72. The molecule has 0 unspecified atom stereocenters. The molecule has 7 nitrogen and oxygen atoms in total. The predicted octanol–water partition coefficient (Wildman–Crippen LogP) is -0.592. The van der Waals surface area contributed by atoms with Gasteiger partial charge in [0.15, 0.2) is 6.29 Å². The molecule has 0 aliphatic rings. The van der Waals surface area contributed by atoms with Crippen molar-refractivity contribution in [1.29, 1.82) is 0 Å². The van der Waals surface area contributed by atoms with E-state index >= 15 is 0 Å². The molecule has 0 fully saturated rings. The van der Waals surface area contributed by atoms with Crippen molar-refractivity contribution >= 4 is 17.5 Å². The molecular formula is C8H12N2O5. The Morgan fingerprint density at radius 3 is 2.13 bits per heavy atom. The van der Waals surface area contributed by atoms with Crippen molar-refractivity contribution in [2.45, 2.75) is 12.7 Å². The number of methoxy groups -OCH3 is 3. The highest BCUT2D eigenvalue weighted by molar-refractivity contribution is 6.62. The van der Waals surface area contributed by atoms with Crippen LogP contribution in [-0.4, -0.2) is 49.9 Å². The van der Waals surface area contributed by atoms with Crippen LogP contribution >= 0.6 is 0 Å². The van der Waals surface area contributed by atoms with Crippen molar-refractivity contribution in [1.82, 2.24) is 0 Å². The van der Waals surface area contributed by atoms with Crippen LogP contribution in [0.4, 0.5) is 0 Å². The van der Waals surface area contributed by atoms with Gasteiger partial charge >= 0.3 is 11.7 Å². The molecule has 0 saturated carbocycles. The summed E-state index contributed by atoms with van der Waals surface area (Å²) < 4.78 is 13.7. The quantitative estimate of drug-likeness (QED) is 0.147. The Labute approximate surface area is 86.5 Å². The molecular weight excluding hydrogens is 204 g/mol. The molecule has 0 bridgehead atoms. The van der Waals surface area contributed by atoms with Crippen LogP contribution in [0.5, 0.6) is 0 Å². The largest absolute Gasteiger partial charge is 0.460 e. The summed E-state index contributed by atoms with van der Waals surface area (Å²) in [5.41, 5.74) is 7.76. The number of ketones is 1. The Hall–Kier alpha value is -1.56. The first-order valence-corrected chi connectivity index (χ1v) is 3.99. The van der Waals surface area contributed by atoms with Crippen molar-refractivity contribution in [3.05, 3.63) is 5.53 Å². The summed E-state index contributed by atoms with van der Waals surface area (Å²) in [6.45, 7) is 0. The molecule has 0 radical (unpaired) electrons. The molecule has 0 atom stereocenters. The third-order valence-corrected chi connectivity index (χ3v) is 1.62. The molecule has 0 rings (SSSR count). The minimum absolute atomic E-state index is 0.235. The van der Waals surface area contributed by atoms with Crippen LogP contribution in [0.3, 0.4) is 0 Å². The van der Waals surface area contributed by atoms with E-state index in [0.29, 0.717) is 0 Å². The third-order valence-electron chi connectivity index (χ3n) is 1.62. The second-order valence-electron chi connectivity index (χ2n) is 2.47. The lowest BCUT2D eigenvalue weighted by Crippen LogP contribution is -2.30. The normalized spacial score (nSPS) is 9.60. The molecule has 0 aromatic rings. The van der Waals surface area contributed by atoms with Gasteiger partial charge in [0.05, 0.1) is 13.5 Å². The van der Waals surface area contributed by atoms with Crippen molar-refractivity contribution in [2.75, 3.05) is 21.3 Å². The monoisotopic (exact) mass is 216 g/mol. The minimum Gasteiger partial charge on any atom is -0.460 e. The Kier molecular flexibility index (Phi) is 6.12. The van der Waals surface area contributed by atoms with Gasteiger partial charge in [-0.05, 0) is 0 Å². The Balaban J connectivity index is 4.56. The standard InChI is InChI=1S/C8H12N2O5/c1-13-6(14-2)4-5(11)7(10-9)8(12)15-3/h6H,4H2,1-3H3. The number of rotatable bonds is 6. The van der Waals surface area contributed by atoms with Crippen molar-refractivity contribution in [2.24, 2.45) is 0 Å². The first kappa shape index (κ1) is 13.4. The summed E-state index contributed by atoms with van der Waals surface area (Å²) in [7, 11) is 3.76. The van der Waals surface area contributed by atoms with Gasteiger partial charge in [-0.15, -0.1) is 0 Å². The smallest absolute Gasteiger partial charge is 0.441 e. The number of carbonyl (C=O) groups excluding carboxylic acids is 2. The average molecular weight is 216 g/mol. The molecule has 0 aromatic heterocycles. The molecule has 0 aliphatic heterocycles. The van der Waals surface area contributed by atoms with Crippen LogP contribution in [0.2, 0.25) is 0 Å². The molecule has 0 spiro atoms. The molecule has 0 saturated heterocycles. The number of carbonyl (C=O) groups is 2. The van der Waals surface area contributed by atoms with Crippen LogP contribution in [0.25, 0.3) is 5.53 Å². The van der Waals surface area contributed by atoms with E-state index in [-0.39, 0.29) is 6.42 Å². The van der Waals surface area contributed by atoms with Gasteiger partial charge in [0.25, 0.3) is 5.78 Å². The molecule has 0 aromatic carbocycles. The van der Waals surface area contributed by atoms with Gasteiger partial charge in [-0.3, -0.25) is 4.79 Å². The Morgan fingerprint density at radius 1 is 1.27 bits per heavy atom. The Bertz CT molecular complexity index is 291. The van der Waals surface area contributed by atoms with E-state index in [0.717, 1.165) is 7.11 Å². The molecule has 15 heavy (non-hydrogen) atoms. The van der Waals surface area contributed by atoms with Crippen molar-refractivity contribution < 1.29 is 28.6 Å². The van der Waals surface area contributed by atoms with E-state index in [1.807, 2.05) is 0 Å². The van der Waals surface area contributed by atoms with E-state index < -0.39 is 23.8 Å². The summed E-state index contributed by atoms with van der Waals surface area (Å²) in [5, 5.41) is 0. The number of hydrogen-bond donors (Lipinski definition) is 0. The molecule has 84 valence electrons. The number of nitrogens with zero attached hydrogens (tertiary/aromatic N) is 2. The molecule has 0 amide bonds. The summed E-state index contributed by atoms with van der Waals surface area (Å²) >= 11 is 0. The van der Waals surface area contributed by atoms with Gasteiger partial charge < -0.3 is 19.7 Å². The molecule has 0 heterocycles. The fraction of sp³-hybridized carbons (Fsp3) is 0.625. The van der Waals surface area contributed by atoms with Crippen LogP contribution < -0.4 is 0 Å². The maximum absolute atomic E-state index is 11.4. The summed E-state index contributed by atoms with van der Waals surface area (Å²) in [6, 6.07) is 0. The number of esters is 1. The van der Waals surface area contributed by atoms with Gasteiger partial charge in [0, 0.05) is 14.2 Å². The van der Waals surface area contributed by atoms with E-state index in [4.69, 9.17) is 15.0 Å². The topological polar surface area (TPSA) is 98.2 Å². The summed E-state index contributed by atoms with van der Waals surface area (Å²) in [4.78, 5) is 24.8. The first-order chi connectivity index (χ1) is 7.10. The van der Waals surface area contributed by atoms with Crippen LogP contribution in [0.15, 0.2) is 0 Å². The highest BCUT2D eigenvalue weighted by atomic mass is 16.7. The lowest BCUT2D eigenvalue weighted by molar-refractivity contribution is -0.143. The zero-order chi connectivity index (χ0) is 11.8. The lowest BCUT2D eigenvalue weighted by atomic mass is 10.2. The molecule has 7 heteroatoms. The summed E-state index contributed by atoms with van der Waals surface area (Å²) in [5.74, 6) is -1.73. The summed E-state index contributed by atoms with van der Waals surface area (Å²) in [6.07, 6.45) is -1.03. The van der Waals surface area contributed by atoms with Crippen molar-refractivity contribution in [3.8, 4) is 0 Å². The minimum atomic E-state index is -1.01. The second kappa shape index (κ2) is 6.83. The van der Waals surface area contributed by atoms with Crippen LogP contribution in [0.1, 0.15) is 6.42 Å². The van der Waals surface area contributed by atoms with Gasteiger partial charge in [0.2, 0.25) is 0 Å². The maximum atomic E-state index is 11.4. The SMILES string of the molecule is COC(=O)C(=[N+]=[N-])C(=O)CC(OC)OC. The molecule has 0 aliphatic carbocycles. The highest BCUT2D eigenvalue weighted by Gasteiger charge is 2.32. The van der Waals surface area contributed by atoms with Gasteiger partial charge in [-0.1, -0.05) is 0 Å². The van der Waals surface area contributed by atoms with Gasteiger partial charge in [-0.2, -0.15) is 4.79 Å². The second-order valence-corrected chi connectivity index (χ2v) is 2.47. The van der Waals surface area contributed by atoms with Crippen molar-refractivity contribution in [3.63, 3.8) is 0 Å². The predicted molar refractivity (Wildman–Crippen MR) is 48.1 cm³/mol. The van der Waals surface area contributed by atoms with Gasteiger partial charge in [0.1, 0.15) is 0 Å². The van der Waals surface area contributed by atoms with Gasteiger partial charge in [-0.25, -0.2) is 4.79 Å². The van der Waals surface area contributed by atoms with Crippen LogP contribution in [-0.2, 0) is 23.8 Å². The van der Waals surface area contributed by atoms with E-state index in [1.54, 1.807) is 0 Å². The fourth-order valence-corrected chi connectivity index (χ4v) is 0.818. The van der Waals surface area contributed by atoms with Crippen LogP contribution in [0, 0.1) is 0 Å². The molecule has 0 N–H and O–H groups in total. The maximum Gasteiger partial charge on any atom is 0.441 e. The number of ether oxygens (including phenoxy) is 3.